The van der Waals surface area contributed by atoms with Crippen LogP contribution in [0.15, 0.2) is 48.5 Å². The molecule has 0 unspecified atom stereocenters. The fourth-order valence-corrected chi connectivity index (χ4v) is 1.82. The minimum Gasteiger partial charge on any atom is -0.484 e. The minimum absolute atomic E-state index is 0.108. The molecular weight excluding hydrogens is 276 g/mol. The molecule has 110 valence electrons. The third-order valence-corrected chi connectivity index (χ3v) is 2.94. The summed E-state index contributed by atoms with van der Waals surface area (Å²) in [6, 6.07) is 12.4. The van der Waals surface area contributed by atoms with Gasteiger partial charge < -0.3 is 10.1 Å². The van der Waals surface area contributed by atoms with Gasteiger partial charge in [-0.25, -0.2) is 8.78 Å². The Kier molecular flexibility index (Phi) is 4.87. The third kappa shape index (κ3) is 4.27. The van der Waals surface area contributed by atoms with Crippen LogP contribution in [0.2, 0.25) is 0 Å². The molecule has 0 aliphatic rings. The van der Waals surface area contributed by atoms with E-state index in [1.807, 2.05) is 37.3 Å². The van der Waals surface area contributed by atoms with Gasteiger partial charge in [0.1, 0.15) is 5.75 Å². The Morgan fingerprint density at radius 2 is 1.86 bits per heavy atom. The van der Waals surface area contributed by atoms with Crippen molar-refractivity contribution >= 4 is 5.91 Å². The van der Waals surface area contributed by atoms with E-state index in [1.54, 1.807) is 0 Å². The zero-order valence-electron chi connectivity index (χ0n) is 11.5. The van der Waals surface area contributed by atoms with E-state index in [1.165, 1.54) is 6.07 Å². The van der Waals surface area contributed by atoms with Gasteiger partial charge in [-0.05, 0) is 24.6 Å². The van der Waals surface area contributed by atoms with Crippen molar-refractivity contribution in [3.8, 4) is 5.75 Å². The molecule has 0 bridgehead atoms. The molecule has 21 heavy (non-hydrogen) atoms. The molecule has 5 heteroatoms. The molecule has 0 aliphatic carbocycles. The van der Waals surface area contributed by atoms with Gasteiger partial charge in [0, 0.05) is 6.07 Å². The molecule has 0 heterocycles. The maximum absolute atomic E-state index is 13.0. The second-order valence-corrected chi connectivity index (χ2v) is 4.56. The highest BCUT2D eigenvalue weighted by molar-refractivity contribution is 5.78. The zero-order chi connectivity index (χ0) is 15.2. The molecule has 0 fully saturated rings. The van der Waals surface area contributed by atoms with Crippen molar-refractivity contribution in [2.45, 2.75) is 13.0 Å². The lowest BCUT2D eigenvalue weighted by molar-refractivity contribution is -0.123. The van der Waals surface area contributed by atoms with Gasteiger partial charge in [0.05, 0.1) is 6.04 Å². The fraction of sp³-hybridized carbons (Fsp3) is 0.188. The summed E-state index contributed by atoms with van der Waals surface area (Å²) in [5.41, 5.74) is 0.971. The van der Waals surface area contributed by atoms with E-state index in [9.17, 15) is 13.6 Å². The molecular formula is C16H15F2NO2. The van der Waals surface area contributed by atoms with Crippen LogP contribution in [-0.4, -0.2) is 12.5 Å². The molecule has 1 amide bonds. The Bertz CT molecular complexity index is 617. The largest absolute Gasteiger partial charge is 0.484 e. The lowest BCUT2D eigenvalue weighted by Gasteiger charge is -2.14. The number of carbonyl (C=O) groups is 1. The lowest BCUT2D eigenvalue weighted by atomic mass is 10.1. The van der Waals surface area contributed by atoms with Crippen molar-refractivity contribution in [2.24, 2.45) is 0 Å². The maximum Gasteiger partial charge on any atom is 0.258 e. The van der Waals surface area contributed by atoms with E-state index in [4.69, 9.17) is 4.74 Å². The number of amides is 1. The van der Waals surface area contributed by atoms with Gasteiger partial charge in [-0.2, -0.15) is 0 Å². The minimum atomic E-state index is -1.01. The zero-order valence-corrected chi connectivity index (χ0v) is 11.5. The number of hydrogen-bond acceptors (Lipinski definition) is 2. The van der Waals surface area contributed by atoms with Crippen molar-refractivity contribution in [3.63, 3.8) is 0 Å². The number of nitrogens with one attached hydrogen (secondary N) is 1. The number of ether oxygens (including phenoxy) is 1. The Morgan fingerprint density at radius 3 is 2.52 bits per heavy atom. The highest BCUT2D eigenvalue weighted by Gasteiger charge is 2.10. The summed E-state index contributed by atoms with van der Waals surface area (Å²) in [5.74, 6) is -2.19. The van der Waals surface area contributed by atoms with E-state index in [-0.39, 0.29) is 24.3 Å². The quantitative estimate of drug-likeness (QED) is 0.918. The second kappa shape index (κ2) is 6.83. The number of hydrogen-bond donors (Lipinski definition) is 1. The molecule has 0 aromatic heterocycles. The summed E-state index contributed by atoms with van der Waals surface area (Å²) in [6.07, 6.45) is 0. The molecule has 3 nitrogen and oxygen atoms in total. The smallest absolute Gasteiger partial charge is 0.258 e. The molecule has 1 N–H and O–H groups in total. The van der Waals surface area contributed by atoms with Gasteiger partial charge in [-0.15, -0.1) is 0 Å². The summed E-state index contributed by atoms with van der Waals surface area (Å²) in [4.78, 5) is 11.7. The molecule has 0 aliphatic heterocycles. The summed E-state index contributed by atoms with van der Waals surface area (Å²) < 4.78 is 30.8. The molecule has 2 aromatic carbocycles. The van der Waals surface area contributed by atoms with E-state index < -0.39 is 11.6 Å². The van der Waals surface area contributed by atoms with Crippen molar-refractivity contribution in [1.82, 2.24) is 5.32 Å². The first-order valence-electron chi connectivity index (χ1n) is 6.48. The van der Waals surface area contributed by atoms with Crippen LogP contribution in [-0.2, 0) is 4.79 Å². The monoisotopic (exact) mass is 291 g/mol. The van der Waals surface area contributed by atoms with Crippen LogP contribution >= 0.6 is 0 Å². The van der Waals surface area contributed by atoms with Gasteiger partial charge in [0.2, 0.25) is 0 Å². The van der Waals surface area contributed by atoms with E-state index in [0.29, 0.717) is 0 Å². The Hall–Kier alpha value is -2.43. The summed E-state index contributed by atoms with van der Waals surface area (Å²) in [5, 5.41) is 2.76. The molecule has 0 radical (unpaired) electrons. The number of carbonyl (C=O) groups excluding carboxylic acids is 1. The number of benzene rings is 2. The maximum atomic E-state index is 13.0. The van der Waals surface area contributed by atoms with Gasteiger partial charge in [0.25, 0.3) is 5.91 Å². The Labute approximate surface area is 121 Å². The van der Waals surface area contributed by atoms with Crippen LogP contribution in [0.1, 0.15) is 18.5 Å². The van der Waals surface area contributed by atoms with Crippen molar-refractivity contribution < 1.29 is 18.3 Å². The van der Waals surface area contributed by atoms with Crippen LogP contribution in [0.4, 0.5) is 8.78 Å². The van der Waals surface area contributed by atoms with Crippen LogP contribution in [0.25, 0.3) is 0 Å². The molecule has 0 saturated carbocycles. The third-order valence-electron chi connectivity index (χ3n) is 2.94. The Morgan fingerprint density at radius 1 is 1.14 bits per heavy atom. The van der Waals surface area contributed by atoms with Gasteiger partial charge in [-0.3, -0.25) is 4.79 Å². The first kappa shape index (κ1) is 15.0. The lowest BCUT2D eigenvalue weighted by Crippen LogP contribution is -2.31. The summed E-state index contributed by atoms with van der Waals surface area (Å²) in [6.45, 7) is 1.59. The normalized spacial score (nSPS) is 11.8. The average Bonchev–Trinajstić information content (AvgIpc) is 2.49. The van der Waals surface area contributed by atoms with Crippen molar-refractivity contribution in [3.05, 3.63) is 65.7 Å². The first-order chi connectivity index (χ1) is 10.1. The average molecular weight is 291 g/mol. The highest BCUT2D eigenvalue weighted by atomic mass is 19.2. The van der Waals surface area contributed by atoms with Crippen LogP contribution < -0.4 is 10.1 Å². The van der Waals surface area contributed by atoms with Crippen molar-refractivity contribution in [2.75, 3.05) is 6.61 Å². The van der Waals surface area contributed by atoms with E-state index >= 15 is 0 Å². The van der Waals surface area contributed by atoms with Crippen LogP contribution in [0, 0.1) is 11.6 Å². The Balaban J connectivity index is 1.86. The van der Waals surface area contributed by atoms with Gasteiger partial charge in [0.15, 0.2) is 18.2 Å². The van der Waals surface area contributed by atoms with E-state index in [0.717, 1.165) is 17.7 Å². The van der Waals surface area contributed by atoms with Gasteiger partial charge in [-0.1, -0.05) is 30.3 Å². The molecule has 1 atom stereocenters. The predicted molar refractivity (Wildman–Crippen MR) is 74.9 cm³/mol. The van der Waals surface area contributed by atoms with E-state index in [2.05, 4.69) is 5.32 Å². The van der Waals surface area contributed by atoms with Crippen LogP contribution in [0.5, 0.6) is 5.75 Å². The molecule has 0 spiro atoms. The summed E-state index contributed by atoms with van der Waals surface area (Å²) in [7, 11) is 0. The number of halogens is 2. The molecule has 0 saturated heterocycles. The number of rotatable bonds is 5. The second-order valence-electron chi connectivity index (χ2n) is 4.56. The van der Waals surface area contributed by atoms with Crippen LogP contribution in [0.3, 0.4) is 0 Å². The summed E-state index contributed by atoms with van der Waals surface area (Å²) >= 11 is 0. The molecule has 2 aromatic rings. The first-order valence-corrected chi connectivity index (χ1v) is 6.48. The van der Waals surface area contributed by atoms with Crippen molar-refractivity contribution in [1.29, 1.82) is 0 Å². The van der Waals surface area contributed by atoms with Gasteiger partial charge >= 0.3 is 0 Å². The standard InChI is InChI=1S/C16H15F2NO2/c1-11(12-5-3-2-4-6-12)19-16(20)10-21-13-7-8-14(17)15(18)9-13/h2-9,11H,10H2,1H3,(H,19,20)/t11-/m0/s1. The topological polar surface area (TPSA) is 38.3 Å². The predicted octanol–water partition coefficient (Wildman–Crippen LogP) is 3.22. The molecule has 2 rings (SSSR count). The fourth-order valence-electron chi connectivity index (χ4n) is 1.82. The SMILES string of the molecule is C[C@H](NC(=O)COc1ccc(F)c(F)c1)c1ccccc1. The highest BCUT2D eigenvalue weighted by Crippen LogP contribution is 2.15.